The van der Waals surface area contributed by atoms with E-state index in [4.69, 9.17) is 9.47 Å². The van der Waals surface area contributed by atoms with Gasteiger partial charge in [0.15, 0.2) is 0 Å². The quantitative estimate of drug-likeness (QED) is 0.594. The number of hydrogen-bond donors (Lipinski definition) is 2. The van der Waals surface area contributed by atoms with Gasteiger partial charge in [0.1, 0.15) is 0 Å². The molecule has 2 rings (SSSR count). The minimum atomic E-state index is -0.167. The lowest BCUT2D eigenvalue weighted by Crippen LogP contribution is -2.37. The number of carbonyl (C=O) groups is 1. The largest absolute Gasteiger partial charge is 0.381 e. The van der Waals surface area contributed by atoms with Crippen molar-refractivity contribution in [2.75, 3.05) is 57.9 Å². The molecule has 0 aliphatic carbocycles. The van der Waals surface area contributed by atoms with Gasteiger partial charge >= 0.3 is 6.03 Å². The van der Waals surface area contributed by atoms with Crippen LogP contribution in [0.25, 0.3) is 0 Å². The molecule has 0 saturated carbocycles. The van der Waals surface area contributed by atoms with Crippen molar-refractivity contribution in [3.8, 4) is 0 Å². The number of amides is 2. The molecule has 0 unspecified atom stereocenters. The van der Waals surface area contributed by atoms with Crippen LogP contribution in [-0.4, -0.2) is 63.5 Å². The van der Waals surface area contributed by atoms with E-state index in [-0.39, 0.29) is 6.03 Å². The molecule has 6 nitrogen and oxygen atoms in total. The maximum atomic E-state index is 11.9. The zero-order valence-electron chi connectivity index (χ0n) is 16.0. The van der Waals surface area contributed by atoms with Crippen LogP contribution in [-0.2, 0) is 15.9 Å². The number of unbranched alkanes of at least 4 members (excludes halogenated alkanes) is 1. The van der Waals surface area contributed by atoms with Crippen molar-refractivity contribution in [2.45, 2.75) is 32.6 Å². The number of nitrogens with zero attached hydrogens (tertiary/aromatic N) is 1. The van der Waals surface area contributed by atoms with Gasteiger partial charge in [-0.25, -0.2) is 4.79 Å². The second-order valence-electron chi connectivity index (χ2n) is 6.60. The second-order valence-corrected chi connectivity index (χ2v) is 6.60. The molecule has 0 atom stereocenters. The highest BCUT2D eigenvalue weighted by atomic mass is 16.5. The Hall–Kier alpha value is -1.63. The number of anilines is 1. The van der Waals surface area contributed by atoms with Crippen LogP contribution in [0.1, 0.15) is 31.7 Å². The van der Waals surface area contributed by atoms with Gasteiger partial charge in [0.05, 0.1) is 13.2 Å². The molecule has 0 bridgehead atoms. The molecule has 1 saturated heterocycles. The average Bonchev–Trinajstić information content (AvgIpc) is 2.67. The molecule has 0 spiro atoms. The summed E-state index contributed by atoms with van der Waals surface area (Å²) >= 11 is 0. The van der Waals surface area contributed by atoms with Gasteiger partial charge in [-0.3, -0.25) is 4.90 Å². The Kier molecular flexibility index (Phi) is 10.1. The van der Waals surface area contributed by atoms with E-state index in [0.717, 1.165) is 70.8 Å². The van der Waals surface area contributed by atoms with Gasteiger partial charge in [0.25, 0.3) is 0 Å². The maximum Gasteiger partial charge on any atom is 0.319 e. The number of hydrogen-bond acceptors (Lipinski definition) is 4. The van der Waals surface area contributed by atoms with E-state index in [1.165, 1.54) is 5.56 Å². The van der Waals surface area contributed by atoms with Crippen LogP contribution in [0.4, 0.5) is 10.5 Å². The molecule has 2 amide bonds. The van der Waals surface area contributed by atoms with Gasteiger partial charge in [0.2, 0.25) is 0 Å². The van der Waals surface area contributed by atoms with Gasteiger partial charge in [-0.1, -0.05) is 25.5 Å². The summed E-state index contributed by atoms with van der Waals surface area (Å²) in [6.07, 6.45) is 4.09. The standard InChI is InChI=1S/C20H33N3O3/c1-2-3-14-25-15-4-10-21-20(24)22-19-7-5-18(6-8-19)9-11-23-12-16-26-17-13-23/h5-8H,2-4,9-17H2,1H3,(H2,21,22,24). The molecule has 1 fully saturated rings. The Bertz CT molecular complexity index is 502. The topological polar surface area (TPSA) is 62.8 Å². The smallest absolute Gasteiger partial charge is 0.319 e. The van der Waals surface area contributed by atoms with E-state index in [1.54, 1.807) is 0 Å². The van der Waals surface area contributed by atoms with Gasteiger partial charge < -0.3 is 20.1 Å². The Morgan fingerprint density at radius 2 is 1.88 bits per heavy atom. The van der Waals surface area contributed by atoms with Crippen LogP contribution in [0.15, 0.2) is 24.3 Å². The molecular weight excluding hydrogens is 330 g/mol. The third-order valence-electron chi connectivity index (χ3n) is 4.43. The average molecular weight is 364 g/mol. The molecule has 0 aromatic heterocycles. The predicted molar refractivity (Wildman–Crippen MR) is 105 cm³/mol. The molecule has 1 aromatic rings. The Morgan fingerprint density at radius 1 is 1.15 bits per heavy atom. The van der Waals surface area contributed by atoms with E-state index in [2.05, 4.69) is 34.6 Å². The monoisotopic (exact) mass is 363 g/mol. The zero-order chi connectivity index (χ0) is 18.5. The van der Waals surface area contributed by atoms with Crippen molar-refractivity contribution in [2.24, 2.45) is 0 Å². The number of ether oxygens (including phenoxy) is 2. The fourth-order valence-electron chi connectivity index (χ4n) is 2.77. The number of benzene rings is 1. The maximum absolute atomic E-state index is 11.9. The summed E-state index contributed by atoms with van der Waals surface area (Å²) in [6.45, 7) is 9.02. The third-order valence-corrected chi connectivity index (χ3v) is 4.43. The lowest BCUT2D eigenvalue weighted by Gasteiger charge is -2.26. The van der Waals surface area contributed by atoms with E-state index < -0.39 is 0 Å². The van der Waals surface area contributed by atoms with Crippen molar-refractivity contribution in [3.63, 3.8) is 0 Å². The second kappa shape index (κ2) is 12.7. The van der Waals surface area contributed by atoms with Crippen LogP contribution in [0.2, 0.25) is 0 Å². The first-order valence-electron chi connectivity index (χ1n) is 9.79. The zero-order valence-corrected chi connectivity index (χ0v) is 16.0. The van der Waals surface area contributed by atoms with E-state index in [0.29, 0.717) is 13.2 Å². The van der Waals surface area contributed by atoms with Crippen molar-refractivity contribution in [3.05, 3.63) is 29.8 Å². The summed E-state index contributed by atoms with van der Waals surface area (Å²) in [5.41, 5.74) is 2.10. The van der Waals surface area contributed by atoms with Gasteiger partial charge in [-0.05, 0) is 37.0 Å². The molecule has 1 aliphatic rings. The first kappa shape index (κ1) is 20.7. The van der Waals surface area contributed by atoms with Crippen LogP contribution < -0.4 is 10.6 Å². The molecular formula is C20H33N3O3. The van der Waals surface area contributed by atoms with Crippen LogP contribution in [0, 0.1) is 0 Å². The fraction of sp³-hybridized carbons (Fsp3) is 0.650. The summed E-state index contributed by atoms with van der Waals surface area (Å²) in [4.78, 5) is 14.3. The number of carbonyl (C=O) groups excluding carboxylic acids is 1. The Morgan fingerprint density at radius 3 is 2.62 bits per heavy atom. The fourth-order valence-corrected chi connectivity index (χ4v) is 2.77. The van der Waals surface area contributed by atoms with Crippen molar-refractivity contribution < 1.29 is 14.3 Å². The lowest BCUT2D eigenvalue weighted by atomic mass is 10.1. The number of urea groups is 1. The summed E-state index contributed by atoms with van der Waals surface area (Å²) in [7, 11) is 0. The summed E-state index contributed by atoms with van der Waals surface area (Å²) < 4.78 is 10.8. The van der Waals surface area contributed by atoms with Gasteiger partial charge in [-0.2, -0.15) is 0 Å². The minimum Gasteiger partial charge on any atom is -0.381 e. The Balaban J connectivity index is 1.58. The summed E-state index contributed by atoms with van der Waals surface area (Å²) in [5.74, 6) is 0. The van der Waals surface area contributed by atoms with Crippen LogP contribution in [0.3, 0.4) is 0 Å². The lowest BCUT2D eigenvalue weighted by molar-refractivity contribution is 0.0384. The third kappa shape index (κ3) is 8.65. The summed E-state index contributed by atoms with van der Waals surface area (Å²) in [6, 6.07) is 7.92. The van der Waals surface area contributed by atoms with Crippen molar-refractivity contribution in [1.29, 1.82) is 0 Å². The predicted octanol–water partition coefficient (Wildman–Crippen LogP) is 2.89. The molecule has 0 radical (unpaired) electrons. The molecule has 2 N–H and O–H groups in total. The highest BCUT2D eigenvalue weighted by molar-refractivity contribution is 5.89. The van der Waals surface area contributed by atoms with Crippen molar-refractivity contribution >= 4 is 11.7 Å². The molecule has 26 heavy (non-hydrogen) atoms. The summed E-state index contributed by atoms with van der Waals surface area (Å²) in [5, 5.41) is 5.72. The van der Waals surface area contributed by atoms with Gasteiger partial charge in [-0.15, -0.1) is 0 Å². The van der Waals surface area contributed by atoms with Crippen molar-refractivity contribution in [1.82, 2.24) is 10.2 Å². The van der Waals surface area contributed by atoms with Crippen LogP contribution >= 0.6 is 0 Å². The number of morpholine rings is 1. The molecule has 146 valence electrons. The van der Waals surface area contributed by atoms with E-state index in [1.807, 2.05) is 12.1 Å². The molecule has 6 heteroatoms. The van der Waals surface area contributed by atoms with E-state index >= 15 is 0 Å². The van der Waals surface area contributed by atoms with Crippen LogP contribution in [0.5, 0.6) is 0 Å². The first-order valence-corrected chi connectivity index (χ1v) is 9.79. The molecule has 1 aromatic carbocycles. The van der Waals surface area contributed by atoms with E-state index in [9.17, 15) is 4.79 Å². The normalized spacial score (nSPS) is 15.0. The SMILES string of the molecule is CCCCOCCCNC(=O)Nc1ccc(CCN2CCOCC2)cc1. The Labute approximate surface area is 157 Å². The minimum absolute atomic E-state index is 0.167. The number of rotatable bonds is 11. The highest BCUT2D eigenvalue weighted by Gasteiger charge is 2.09. The molecule has 1 aliphatic heterocycles. The van der Waals surface area contributed by atoms with Gasteiger partial charge in [0, 0.05) is 45.1 Å². The molecule has 1 heterocycles. The highest BCUT2D eigenvalue weighted by Crippen LogP contribution is 2.11. The first-order chi connectivity index (χ1) is 12.8. The number of nitrogens with one attached hydrogen (secondary N) is 2.